The molecule has 32 heavy (non-hydrogen) atoms. The van der Waals surface area contributed by atoms with E-state index < -0.39 is 5.82 Å². The summed E-state index contributed by atoms with van der Waals surface area (Å²) in [6.07, 6.45) is 5.98. The first-order valence-electron chi connectivity index (χ1n) is 10.7. The van der Waals surface area contributed by atoms with Crippen molar-refractivity contribution in [3.8, 4) is 5.75 Å². The standard InChI is InChI=1S/C22H27FN8O/c1-22(2,3)30-12-14(10-25-30)29-7-5-6-13(11-29)19-27-20-15-8-16(23)18(32-4)9-17(15)26-21(24)31(20)28-19/h8-10,12-13H,5-7,11H2,1-4H3,(H2,24,26)/t13-/m1/s1. The lowest BCUT2D eigenvalue weighted by Crippen LogP contribution is -2.34. The molecule has 168 valence electrons. The summed E-state index contributed by atoms with van der Waals surface area (Å²) in [6, 6.07) is 2.91. The van der Waals surface area contributed by atoms with Crippen LogP contribution in [0.25, 0.3) is 16.6 Å². The van der Waals surface area contributed by atoms with Gasteiger partial charge in [-0.2, -0.15) is 9.61 Å². The Morgan fingerprint density at radius 3 is 2.75 bits per heavy atom. The fraction of sp³-hybridized carbons (Fsp3) is 0.455. The molecule has 4 heterocycles. The molecule has 1 aromatic carbocycles. The van der Waals surface area contributed by atoms with Gasteiger partial charge in [-0.15, -0.1) is 5.10 Å². The maximum absolute atomic E-state index is 14.4. The van der Waals surface area contributed by atoms with Crippen LogP contribution in [0.4, 0.5) is 16.0 Å². The molecule has 1 saturated heterocycles. The number of benzene rings is 1. The summed E-state index contributed by atoms with van der Waals surface area (Å²) in [5, 5.41) is 9.73. The number of halogens is 1. The Morgan fingerprint density at radius 2 is 2.03 bits per heavy atom. The van der Waals surface area contributed by atoms with Crippen LogP contribution in [0.5, 0.6) is 5.75 Å². The van der Waals surface area contributed by atoms with Crippen molar-refractivity contribution in [3.05, 3.63) is 36.2 Å². The van der Waals surface area contributed by atoms with E-state index in [9.17, 15) is 4.39 Å². The SMILES string of the molecule is COc1cc2nc(N)n3nc([C@@H]4CCCN(c5cnn(C(C)(C)C)c5)C4)nc3c2cc1F. The van der Waals surface area contributed by atoms with Crippen molar-refractivity contribution in [3.63, 3.8) is 0 Å². The molecule has 1 fully saturated rings. The molecule has 9 nitrogen and oxygen atoms in total. The number of nitrogens with two attached hydrogens (primary N) is 1. The predicted octanol–water partition coefficient (Wildman–Crippen LogP) is 3.34. The van der Waals surface area contributed by atoms with E-state index in [-0.39, 0.29) is 23.2 Å². The minimum atomic E-state index is -0.474. The summed E-state index contributed by atoms with van der Waals surface area (Å²) in [5.74, 6) is 0.665. The second-order valence-electron chi connectivity index (χ2n) is 9.28. The van der Waals surface area contributed by atoms with Crippen LogP contribution in [0.1, 0.15) is 45.4 Å². The van der Waals surface area contributed by atoms with Crippen molar-refractivity contribution in [2.24, 2.45) is 0 Å². The zero-order valence-corrected chi connectivity index (χ0v) is 18.7. The highest BCUT2D eigenvalue weighted by molar-refractivity contribution is 5.93. The third kappa shape index (κ3) is 3.39. The molecular formula is C22H27FN8O. The number of hydrogen-bond acceptors (Lipinski definition) is 7. The molecule has 2 N–H and O–H groups in total. The highest BCUT2D eigenvalue weighted by atomic mass is 19.1. The van der Waals surface area contributed by atoms with E-state index in [1.807, 2.05) is 10.9 Å². The quantitative estimate of drug-likeness (QED) is 0.524. The van der Waals surface area contributed by atoms with Gasteiger partial charge in [0.2, 0.25) is 5.95 Å². The lowest BCUT2D eigenvalue weighted by atomic mass is 9.97. The lowest BCUT2D eigenvalue weighted by molar-refractivity contribution is 0.355. The average Bonchev–Trinajstić information content (AvgIpc) is 3.42. The minimum Gasteiger partial charge on any atom is -0.494 e. The van der Waals surface area contributed by atoms with Gasteiger partial charge in [-0.1, -0.05) is 0 Å². The molecule has 5 rings (SSSR count). The molecule has 4 aromatic rings. The maximum Gasteiger partial charge on any atom is 0.223 e. The van der Waals surface area contributed by atoms with Gasteiger partial charge in [0.05, 0.1) is 30.0 Å². The van der Waals surface area contributed by atoms with Crippen LogP contribution >= 0.6 is 0 Å². The van der Waals surface area contributed by atoms with E-state index in [0.717, 1.165) is 31.6 Å². The number of anilines is 2. The van der Waals surface area contributed by atoms with Crippen molar-refractivity contribution in [1.29, 1.82) is 0 Å². The number of ether oxygens (including phenoxy) is 1. The van der Waals surface area contributed by atoms with Gasteiger partial charge >= 0.3 is 0 Å². The van der Waals surface area contributed by atoms with Crippen LogP contribution in [-0.2, 0) is 5.54 Å². The molecule has 0 aliphatic carbocycles. The zero-order chi connectivity index (χ0) is 22.6. The first-order chi connectivity index (χ1) is 15.2. The molecule has 3 aromatic heterocycles. The summed E-state index contributed by atoms with van der Waals surface area (Å²) in [6.45, 7) is 8.12. The highest BCUT2D eigenvalue weighted by Gasteiger charge is 2.27. The third-order valence-electron chi connectivity index (χ3n) is 5.99. The van der Waals surface area contributed by atoms with E-state index >= 15 is 0 Å². The van der Waals surface area contributed by atoms with Gasteiger partial charge in [0.25, 0.3) is 0 Å². The van der Waals surface area contributed by atoms with Gasteiger partial charge in [0.15, 0.2) is 23.0 Å². The van der Waals surface area contributed by atoms with E-state index in [1.165, 1.54) is 23.8 Å². The maximum atomic E-state index is 14.4. The number of nitrogen functional groups attached to an aromatic ring is 1. The monoisotopic (exact) mass is 438 g/mol. The molecule has 1 atom stereocenters. The molecule has 0 bridgehead atoms. The summed E-state index contributed by atoms with van der Waals surface area (Å²) in [7, 11) is 1.42. The van der Waals surface area contributed by atoms with Crippen molar-refractivity contribution < 1.29 is 9.13 Å². The van der Waals surface area contributed by atoms with E-state index in [0.29, 0.717) is 22.4 Å². The zero-order valence-electron chi connectivity index (χ0n) is 18.7. The van der Waals surface area contributed by atoms with Crippen LogP contribution in [-0.4, -0.2) is 49.6 Å². The number of methoxy groups -OCH3 is 1. The number of hydrogen-bond donors (Lipinski definition) is 1. The van der Waals surface area contributed by atoms with Crippen molar-refractivity contribution in [1.82, 2.24) is 29.4 Å². The molecule has 0 radical (unpaired) electrons. The Labute approximate surface area is 185 Å². The molecule has 1 aliphatic heterocycles. The van der Waals surface area contributed by atoms with E-state index in [1.54, 1.807) is 0 Å². The van der Waals surface area contributed by atoms with Crippen LogP contribution in [0.15, 0.2) is 24.5 Å². The number of fused-ring (bicyclic) bond motifs is 3. The Balaban J connectivity index is 1.50. The normalized spacial score (nSPS) is 17.4. The third-order valence-corrected chi connectivity index (χ3v) is 5.99. The molecular weight excluding hydrogens is 411 g/mol. The number of piperidine rings is 1. The van der Waals surface area contributed by atoms with E-state index in [2.05, 4.69) is 47.0 Å². The van der Waals surface area contributed by atoms with Crippen LogP contribution < -0.4 is 15.4 Å². The second-order valence-corrected chi connectivity index (χ2v) is 9.28. The van der Waals surface area contributed by atoms with Crippen LogP contribution in [0, 0.1) is 5.82 Å². The largest absolute Gasteiger partial charge is 0.494 e. The Hall–Kier alpha value is -3.43. The summed E-state index contributed by atoms with van der Waals surface area (Å²) in [4.78, 5) is 11.5. The summed E-state index contributed by atoms with van der Waals surface area (Å²) < 4.78 is 22.9. The number of rotatable bonds is 3. The molecule has 1 aliphatic rings. The molecule has 0 saturated carbocycles. The number of nitrogens with zero attached hydrogens (tertiary/aromatic N) is 7. The number of aromatic nitrogens is 6. The molecule has 10 heteroatoms. The van der Waals surface area contributed by atoms with Gasteiger partial charge < -0.3 is 15.4 Å². The van der Waals surface area contributed by atoms with Gasteiger partial charge in [0.1, 0.15) is 0 Å². The Kier molecular flexibility index (Phi) is 4.68. The molecule has 0 spiro atoms. The smallest absolute Gasteiger partial charge is 0.223 e. The average molecular weight is 439 g/mol. The van der Waals surface area contributed by atoms with E-state index in [4.69, 9.17) is 15.5 Å². The second kappa shape index (κ2) is 7.32. The fourth-order valence-corrected chi connectivity index (χ4v) is 4.24. The van der Waals surface area contributed by atoms with Gasteiger partial charge in [0, 0.05) is 36.7 Å². The first-order valence-corrected chi connectivity index (χ1v) is 10.7. The summed E-state index contributed by atoms with van der Waals surface area (Å²) in [5.41, 5.74) is 8.19. The fourth-order valence-electron chi connectivity index (χ4n) is 4.24. The van der Waals surface area contributed by atoms with Crippen molar-refractivity contribution in [2.75, 3.05) is 30.8 Å². The minimum absolute atomic E-state index is 0.0693. The topological polar surface area (TPSA) is 99.4 Å². The van der Waals surface area contributed by atoms with Gasteiger partial charge in [-0.05, 0) is 39.7 Å². The van der Waals surface area contributed by atoms with Crippen molar-refractivity contribution in [2.45, 2.75) is 45.1 Å². The van der Waals surface area contributed by atoms with Crippen molar-refractivity contribution >= 4 is 28.2 Å². The Morgan fingerprint density at radius 1 is 1.22 bits per heavy atom. The highest BCUT2D eigenvalue weighted by Crippen LogP contribution is 2.32. The molecule has 0 amide bonds. The lowest BCUT2D eigenvalue weighted by Gasteiger charge is -2.32. The Bertz CT molecular complexity index is 1300. The molecule has 0 unspecified atom stereocenters. The van der Waals surface area contributed by atoms with Crippen LogP contribution in [0.2, 0.25) is 0 Å². The predicted molar refractivity (Wildman–Crippen MR) is 121 cm³/mol. The van der Waals surface area contributed by atoms with Crippen LogP contribution in [0.3, 0.4) is 0 Å². The van der Waals surface area contributed by atoms with Gasteiger partial charge in [-0.3, -0.25) is 4.68 Å². The summed E-state index contributed by atoms with van der Waals surface area (Å²) >= 11 is 0. The first kappa shape index (κ1) is 20.5. The van der Waals surface area contributed by atoms with Gasteiger partial charge in [-0.25, -0.2) is 14.4 Å².